The molecule has 0 aliphatic carbocycles. The first-order valence-electron chi connectivity index (χ1n) is 10.3. The largest absolute Gasteiger partial charge is 0.366 e. The standard InChI is InChI=1S/C23H20F2N6O/c24-15-2-4-17-18(22(32)29-20(17)12-15)14-28-16-3-5-21(19(25)13-16)30-8-10-31(11-9-30)23-26-6-1-7-27-23/h1-7,12-14,18H,8-11H2,(H,29,32). The number of halogens is 2. The number of piperazine rings is 1. The van der Waals surface area contributed by atoms with E-state index in [1.165, 1.54) is 24.4 Å². The van der Waals surface area contributed by atoms with E-state index >= 15 is 0 Å². The Labute approximate surface area is 183 Å². The van der Waals surface area contributed by atoms with E-state index in [1.54, 1.807) is 36.7 Å². The number of fused-ring (bicyclic) bond motifs is 1. The normalized spacial score (nSPS) is 18.2. The predicted molar refractivity (Wildman–Crippen MR) is 119 cm³/mol. The van der Waals surface area contributed by atoms with Crippen molar-refractivity contribution < 1.29 is 13.6 Å². The first kappa shape index (κ1) is 20.0. The van der Waals surface area contributed by atoms with Gasteiger partial charge in [0.05, 0.1) is 11.4 Å². The number of anilines is 3. The number of carbonyl (C=O) groups is 1. The Kier molecular flexibility index (Phi) is 5.22. The lowest BCUT2D eigenvalue weighted by atomic mass is 10.0. The average Bonchev–Trinajstić information content (AvgIpc) is 3.12. The van der Waals surface area contributed by atoms with Gasteiger partial charge >= 0.3 is 0 Å². The van der Waals surface area contributed by atoms with Gasteiger partial charge in [0.25, 0.3) is 0 Å². The lowest BCUT2D eigenvalue weighted by molar-refractivity contribution is -0.115. The zero-order valence-electron chi connectivity index (χ0n) is 17.1. The number of rotatable bonds is 4. The highest BCUT2D eigenvalue weighted by molar-refractivity contribution is 6.12. The number of aromatic nitrogens is 2. The minimum absolute atomic E-state index is 0.285. The van der Waals surface area contributed by atoms with Gasteiger partial charge in [-0.2, -0.15) is 0 Å². The Morgan fingerprint density at radius 1 is 1.00 bits per heavy atom. The van der Waals surface area contributed by atoms with Crippen molar-refractivity contribution in [3.63, 3.8) is 0 Å². The third kappa shape index (κ3) is 3.89. The molecule has 2 aliphatic heterocycles. The summed E-state index contributed by atoms with van der Waals surface area (Å²) in [6, 6.07) is 10.7. The van der Waals surface area contributed by atoms with Crippen LogP contribution in [-0.2, 0) is 4.79 Å². The smallest absolute Gasteiger partial charge is 0.237 e. The minimum atomic E-state index is -0.637. The molecule has 3 heterocycles. The fourth-order valence-corrected chi connectivity index (χ4v) is 4.00. The van der Waals surface area contributed by atoms with Crippen molar-refractivity contribution in [1.82, 2.24) is 9.97 Å². The summed E-state index contributed by atoms with van der Waals surface area (Å²) in [4.78, 5) is 29.1. The van der Waals surface area contributed by atoms with Crippen LogP contribution in [0.4, 0.5) is 31.8 Å². The summed E-state index contributed by atoms with van der Waals surface area (Å²) < 4.78 is 28.2. The minimum Gasteiger partial charge on any atom is -0.366 e. The van der Waals surface area contributed by atoms with Crippen LogP contribution in [0.1, 0.15) is 11.5 Å². The molecule has 9 heteroatoms. The molecule has 0 spiro atoms. The predicted octanol–water partition coefficient (Wildman–Crippen LogP) is 3.52. The molecular weight excluding hydrogens is 414 g/mol. The maximum Gasteiger partial charge on any atom is 0.237 e. The molecule has 1 aromatic heterocycles. The topological polar surface area (TPSA) is 73.7 Å². The Hall–Kier alpha value is -3.88. The second-order valence-electron chi connectivity index (χ2n) is 7.64. The van der Waals surface area contributed by atoms with E-state index in [0.717, 1.165) is 0 Å². The van der Waals surface area contributed by atoms with Gasteiger partial charge in [-0.3, -0.25) is 9.79 Å². The molecule has 2 aromatic carbocycles. The van der Waals surface area contributed by atoms with Crippen molar-refractivity contribution in [1.29, 1.82) is 0 Å². The molecule has 1 atom stereocenters. The maximum absolute atomic E-state index is 14.8. The van der Waals surface area contributed by atoms with Gasteiger partial charge in [-0.05, 0) is 35.9 Å². The molecular formula is C23H20F2N6O. The van der Waals surface area contributed by atoms with Crippen molar-refractivity contribution in [2.75, 3.05) is 41.3 Å². The summed E-state index contributed by atoms with van der Waals surface area (Å²) in [5.41, 5.74) is 2.01. The molecule has 0 bridgehead atoms. The first-order valence-corrected chi connectivity index (χ1v) is 10.3. The Morgan fingerprint density at radius 2 is 1.75 bits per heavy atom. The average molecular weight is 434 g/mol. The summed E-state index contributed by atoms with van der Waals surface area (Å²) in [5, 5.41) is 2.64. The third-order valence-corrected chi connectivity index (χ3v) is 5.65. The van der Waals surface area contributed by atoms with Gasteiger partial charge in [0, 0.05) is 56.5 Å². The van der Waals surface area contributed by atoms with Crippen LogP contribution < -0.4 is 15.1 Å². The summed E-state index contributed by atoms with van der Waals surface area (Å²) >= 11 is 0. The third-order valence-electron chi connectivity index (χ3n) is 5.65. The molecule has 1 unspecified atom stereocenters. The Balaban J connectivity index is 1.27. The zero-order valence-corrected chi connectivity index (χ0v) is 17.1. The van der Waals surface area contributed by atoms with Gasteiger partial charge in [0.2, 0.25) is 11.9 Å². The quantitative estimate of drug-likeness (QED) is 0.636. The molecule has 1 amide bonds. The Morgan fingerprint density at radius 3 is 2.50 bits per heavy atom. The van der Waals surface area contributed by atoms with Gasteiger partial charge in [-0.1, -0.05) is 6.07 Å². The number of nitrogens with one attached hydrogen (secondary N) is 1. The summed E-state index contributed by atoms with van der Waals surface area (Å²) in [6.07, 6.45) is 4.88. The van der Waals surface area contributed by atoms with E-state index in [0.29, 0.717) is 54.8 Å². The number of carbonyl (C=O) groups excluding carboxylic acids is 1. The molecule has 32 heavy (non-hydrogen) atoms. The van der Waals surface area contributed by atoms with E-state index < -0.39 is 11.7 Å². The van der Waals surface area contributed by atoms with Crippen LogP contribution in [0, 0.1) is 11.6 Å². The zero-order chi connectivity index (χ0) is 22.1. The van der Waals surface area contributed by atoms with Gasteiger partial charge in [-0.25, -0.2) is 18.7 Å². The molecule has 162 valence electrons. The molecule has 0 saturated carbocycles. The number of benzene rings is 2. The van der Waals surface area contributed by atoms with Crippen molar-refractivity contribution in [3.05, 3.63) is 72.1 Å². The van der Waals surface area contributed by atoms with E-state index in [1.807, 2.05) is 4.90 Å². The number of hydrogen-bond acceptors (Lipinski definition) is 6. The molecule has 1 saturated heterocycles. The van der Waals surface area contributed by atoms with E-state index in [-0.39, 0.29) is 11.7 Å². The molecule has 3 aromatic rings. The van der Waals surface area contributed by atoms with Gasteiger partial charge in [-0.15, -0.1) is 0 Å². The van der Waals surface area contributed by atoms with Crippen LogP contribution in [0.2, 0.25) is 0 Å². The van der Waals surface area contributed by atoms with E-state index in [4.69, 9.17) is 0 Å². The molecule has 7 nitrogen and oxygen atoms in total. The number of amides is 1. The fourth-order valence-electron chi connectivity index (χ4n) is 4.00. The molecule has 1 N–H and O–H groups in total. The van der Waals surface area contributed by atoms with Crippen LogP contribution >= 0.6 is 0 Å². The van der Waals surface area contributed by atoms with Crippen LogP contribution in [0.3, 0.4) is 0 Å². The second kappa shape index (κ2) is 8.33. The monoisotopic (exact) mass is 434 g/mol. The lowest BCUT2D eigenvalue weighted by Crippen LogP contribution is -2.47. The fraction of sp³-hybridized carbons (Fsp3) is 0.217. The van der Waals surface area contributed by atoms with Gasteiger partial charge < -0.3 is 15.1 Å². The van der Waals surface area contributed by atoms with Crippen LogP contribution in [-0.4, -0.2) is 48.3 Å². The van der Waals surface area contributed by atoms with Crippen LogP contribution in [0.5, 0.6) is 0 Å². The number of aliphatic imine (C=N–C) groups is 1. The van der Waals surface area contributed by atoms with Gasteiger partial charge in [0.15, 0.2) is 0 Å². The molecule has 5 rings (SSSR count). The molecule has 1 fully saturated rings. The van der Waals surface area contributed by atoms with Gasteiger partial charge in [0.1, 0.15) is 17.6 Å². The highest BCUT2D eigenvalue weighted by atomic mass is 19.1. The second-order valence-corrected chi connectivity index (χ2v) is 7.64. The highest BCUT2D eigenvalue weighted by Crippen LogP contribution is 2.33. The highest BCUT2D eigenvalue weighted by Gasteiger charge is 2.29. The summed E-state index contributed by atoms with van der Waals surface area (Å²) in [7, 11) is 0. The van der Waals surface area contributed by atoms with Crippen molar-refractivity contribution >= 4 is 35.1 Å². The maximum atomic E-state index is 14.8. The molecule has 2 aliphatic rings. The van der Waals surface area contributed by atoms with E-state index in [2.05, 4.69) is 25.2 Å². The van der Waals surface area contributed by atoms with Crippen molar-refractivity contribution in [2.24, 2.45) is 4.99 Å². The Bertz CT molecular complexity index is 1180. The van der Waals surface area contributed by atoms with Crippen LogP contribution in [0.15, 0.2) is 59.9 Å². The van der Waals surface area contributed by atoms with Crippen molar-refractivity contribution in [3.8, 4) is 0 Å². The lowest BCUT2D eigenvalue weighted by Gasteiger charge is -2.36. The number of hydrogen-bond donors (Lipinski definition) is 1. The van der Waals surface area contributed by atoms with Crippen molar-refractivity contribution in [2.45, 2.75) is 5.92 Å². The first-order chi connectivity index (χ1) is 15.6. The van der Waals surface area contributed by atoms with E-state index in [9.17, 15) is 13.6 Å². The number of nitrogens with zero attached hydrogens (tertiary/aromatic N) is 5. The molecule has 0 radical (unpaired) electrons. The summed E-state index contributed by atoms with van der Waals surface area (Å²) in [6.45, 7) is 2.68. The SMILES string of the molecule is O=C1Nc2cc(F)ccc2C1C=Nc1ccc(N2CCN(c3ncccn3)CC2)c(F)c1. The summed E-state index contributed by atoms with van der Waals surface area (Å²) in [5.74, 6) is -1.04. The van der Waals surface area contributed by atoms with Crippen LogP contribution in [0.25, 0.3) is 0 Å².